The second-order valence-electron chi connectivity index (χ2n) is 5.77. The molecular weight excluding hydrogens is 244 g/mol. The maximum absolute atomic E-state index is 13.4. The molecule has 0 atom stereocenters. The van der Waals surface area contributed by atoms with Crippen molar-refractivity contribution in [3.8, 4) is 6.07 Å². The standard InChI is InChI=1S/C14H17BFNO2/c1-13(2)14(3,4)19-15(18-13)12-9-11(16)6-5-10(12)7-8-17/h5-6,9H,7H2,1-4H3. The molecule has 3 nitrogen and oxygen atoms in total. The molecule has 0 bridgehead atoms. The zero-order chi connectivity index (χ0) is 14.3. The molecule has 1 aliphatic rings. The topological polar surface area (TPSA) is 42.2 Å². The van der Waals surface area contributed by atoms with Crippen LogP contribution in [0.2, 0.25) is 0 Å². The van der Waals surface area contributed by atoms with Gasteiger partial charge < -0.3 is 9.31 Å². The zero-order valence-corrected chi connectivity index (χ0v) is 11.7. The van der Waals surface area contributed by atoms with Crippen LogP contribution in [0.3, 0.4) is 0 Å². The van der Waals surface area contributed by atoms with Crippen molar-refractivity contribution in [1.29, 1.82) is 5.26 Å². The van der Waals surface area contributed by atoms with Crippen LogP contribution in [-0.2, 0) is 15.7 Å². The molecule has 1 aromatic carbocycles. The first kappa shape index (κ1) is 14.0. The molecule has 0 N–H and O–H groups in total. The molecule has 0 aliphatic carbocycles. The molecule has 0 spiro atoms. The van der Waals surface area contributed by atoms with E-state index in [4.69, 9.17) is 14.6 Å². The third-order valence-electron chi connectivity index (χ3n) is 3.88. The number of hydrogen-bond acceptors (Lipinski definition) is 3. The summed E-state index contributed by atoms with van der Waals surface area (Å²) in [6, 6.07) is 6.42. The Kier molecular flexibility index (Phi) is 3.42. The van der Waals surface area contributed by atoms with Crippen LogP contribution >= 0.6 is 0 Å². The SMILES string of the molecule is CC1(C)OB(c2cc(F)ccc2CC#N)OC1(C)C. The Labute approximate surface area is 113 Å². The molecular formula is C14H17BFNO2. The fraction of sp³-hybridized carbons (Fsp3) is 0.500. The minimum Gasteiger partial charge on any atom is -0.399 e. The quantitative estimate of drug-likeness (QED) is 0.766. The van der Waals surface area contributed by atoms with Crippen molar-refractivity contribution < 1.29 is 13.7 Å². The van der Waals surface area contributed by atoms with E-state index in [1.54, 1.807) is 6.07 Å². The van der Waals surface area contributed by atoms with Gasteiger partial charge in [0, 0.05) is 0 Å². The Morgan fingerprint density at radius 2 is 1.79 bits per heavy atom. The summed E-state index contributed by atoms with van der Waals surface area (Å²) in [7, 11) is -0.635. The third-order valence-corrected chi connectivity index (χ3v) is 3.88. The average Bonchev–Trinajstić information content (AvgIpc) is 2.51. The van der Waals surface area contributed by atoms with Crippen molar-refractivity contribution in [2.24, 2.45) is 0 Å². The molecule has 0 aromatic heterocycles. The highest BCUT2D eigenvalue weighted by molar-refractivity contribution is 6.62. The summed E-state index contributed by atoms with van der Waals surface area (Å²) in [5, 5.41) is 8.84. The molecule has 1 fully saturated rings. The lowest BCUT2D eigenvalue weighted by atomic mass is 9.75. The van der Waals surface area contributed by atoms with Gasteiger partial charge in [0.1, 0.15) is 5.82 Å². The highest BCUT2D eigenvalue weighted by atomic mass is 19.1. The number of rotatable bonds is 2. The summed E-state index contributed by atoms with van der Waals surface area (Å²) in [5.74, 6) is -0.355. The van der Waals surface area contributed by atoms with E-state index >= 15 is 0 Å². The van der Waals surface area contributed by atoms with Gasteiger partial charge in [-0.15, -0.1) is 0 Å². The molecule has 1 aromatic rings. The van der Waals surface area contributed by atoms with E-state index in [0.29, 0.717) is 5.46 Å². The third kappa shape index (κ3) is 2.51. The van der Waals surface area contributed by atoms with Crippen LogP contribution in [0.1, 0.15) is 33.3 Å². The molecule has 1 saturated heterocycles. The van der Waals surface area contributed by atoms with Gasteiger partial charge in [0.15, 0.2) is 0 Å². The minimum absolute atomic E-state index is 0.208. The lowest BCUT2D eigenvalue weighted by molar-refractivity contribution is 0.00578. The van der Waals surface area contributed by atoms with Gasteiger partial charge in [-0.05, 0) is 50.9 Å². The van der Waals surface area contributed by atoms with Gasteiger partial charge in [-0.1, -0.05) is 6.07 Å². The summed E-state index contributed by atoms with van der Waals surface area (Å²) < 4.78 is 25.2. The predicted molar refractivity (Wildman–Crippen MR) is 71.4 cm³/mol. The molecule has 5 heteroatoms. The van der Waals surface area contributed by atoms with E-state index in [1.165, 1.54) is 12.1 Å². The summed E-state index contributed by atoms with van der Waals surface area (Å²) in [4.78, 5) is 0. The van der Waals surface area contributed by atoms with Crippen LogP contribution in [0.4, 0.5) is 4.39 Å². The van der Waals surface area contributed by atoms with Gasteiger partial charge in [-0.3, -0.25) is 0 Å². The van der Waals surface area contributed by atoms with E-state index in [0.717, 1.165) is 5.56 Å². The van der Waals surface area contributed by atoms with Crippen LogP contribution in [0.15, 0.2) is 18.2 Å². The van der Waals surface area contributed by atoms with Gasteiger partial charge >= 0.3 is 7.12 Å². The maximum Gasteiger partial charge on any atom is 0.495 e. The van der Waals surface area contributed by atoms with Crippen LogP contribution < -0.4 is 5.46 Å². The molecule has 0 unspecified atom stereocenters. The largest absolute Gasteiger partial charge is 0.495 e. The summed E-state index contributed by atoms with van der Waals surface area (Å²) in [5.41, 5.74) is 0.379. The molecule has 1 aliphatic heterocycles. The Hall–Kier alpha value is -1.38. The molecule has 0 saturated carbocycles. The first-order valence-electron chi connectivity index (χ1n) is 6.28. The van der Waals surface area contributed by atoms with Crippen molar-refractivity contribution >= 4 is 12.6 Å². The van der Waals surface area contributed by atoms with Gasteiger partial charge in [0.25, 0.3) is 0 Å². The van der Waals surface area contributed by atoms with E-state index in [9.17, 15) is 4.39 Å². The molecule has 19 heavy (non-hydrogen) atoms. The van der Waals surface area contributed by atoms with Crippen molar-refractivity contribution in [1.82, 2.24) is 0 Å². The van der Waals surface area contributed by atoms with E-state index < -0.39 is 18.3 Å². The van der Waals surface area contributed by atoms with Crippen molar-refractivity contribution in [2.75, 3.05) is 0 Å². The number of benzene rings is 1. The lowest BCUT2D eigenvalue weighted by Gasteiger charge is -2.32. The predicted octanol–water partition coefficient (Wildman–Crippen LogP) is 2.19. The second kappa shape index (κ2) is 4.62. The van der Waals surface area contributed by atoms with Crippen molar-refractivity contribution in [2.45, 2.75) is 45.3 Å². The number of nitrogens with zero attached hydrogens (tertiary/aromatic N) is 1. The van der Waals surface area contributed by atoms with E-state index in [2.05, 4.69) is 6.07 Å². The van der Waals surface area contributed by atoms with E-state index in [-0.39, 0.29) is 12.2 Å². The van der Waals surface area contributed by atoms with Crippen molar-refractivity contribution in [3.05, 3.63) is 29.6 Å². The molecule has 2 rings (SSSR count). The number of halogens is 1. The zero-order valence-electron chi connectivity index (χ0n) is 11.7. The number of nitriles is 1. The van der Waals surface area contributed by atoms with Gasteiger partial charge in [0.05, 0.1) is 23.7 Å². The fourth-order valence-electron chi connectivity index (χ4n) is 2.00. The Morgan fingerprint density at radius 1 is 1.21 bits per heavy atom. The first-order valence-corrected chi connectivity index (χ1v) is 6.28. The van der Waals surface area contributed by atoms with Gasteiger partial charge in [-0.2, -0.15) is 5.26 Å². The summed E-state index contributed by atoms with van der Waals surface area (Å²) in [6.45, 7) is 7.76. The van der Waals surface area contributed by atoms with E-state index in [1.807, 2.05) is 27.7 Å². The Balaban J connectivity index is 2.39. The van der Waals surface area contributed by atoms with Gasteiger partial charge in [0.2, 0.25) is 0 Å². The molecule has 100 valence electrons. The second-order valence-corrected chi connectivity index (χ2v) is 5.77. The monoisotopic (exact) mass is 261 g/mol. The molecule has 0 amide bonds. The lowest BCUT2D eigenvalue weighted by Crippen LogP contribution is -2.41. The summed E-state index contributed by atoms with van der Waals surface area (Å²) in [6.07, 6.45) is 0.208. The van der Waals surface area contributed by atoms with Crippen LogP contribution in [0, 0.1) is 17.1 Å². The highest BCUT2D eigenvalue weighted by Crippen LogP contribution is 2.36. The van der Waals surface area contributed by atoms with Crippen LogP contribution in [0.5, 0.6) is 0 Å². The number of hydrogen-bond donors (Lipinski definition) is 0. The Morgan fingerprint density at radius 3 is 2.32 bits per heavy atom. The highest BCUT2D eigenvalue weighted by Gasteiger charge is 2.52. The van der Waals surface area contributed by atoms with Crippen molar-refractivity contribution in [3.63, 3.8) is 0 Å². The average molecular weight is 261 g/mol. The Bertz CT molecular complexity index is 521. The van der Waals surface area contributed by atoms with Crippen LogP contribution in [-0.4, -0.2) is 18.3 Å². The van der Waals surface area contributed by atoms with Gasteiger partial charge in [-0.25, -0.2) is 4.39 Å². The maximum atomic E-state index is 13.4. The first-order chi connectivity index (χ1) is 8.77. The molecule has 0 radical (unpaired) electrons. The smallest absolute Gasteiger partial charge is 0.399 e. The molecule has 1 heterocycles. The summed E-state index contributed by atoms with van der Waals surface area (Å²) >= 11 is 0. The minimum atomic E-state index is -0.635. The normalized spacial score (nSPS) is 20.3. The van der Waals surface area contributed by atoms with Crippen LogP contribution in [0.25, 0.3) is 0 Å². The fourth-order valence-corrected chi connectivity index (χ4v) is 2.00.